The molecule has 1 atom stereocenters. The Hall–Kier alpha value is -2.50. The number of hydrogen-bond donors (Lipinski definition) is 0. The third-order valence-electron chi connectivity index (χ3n) is 4.76. The minimum absolute atomic E-state index is 0.608. The van der Waals surface area contributed by atoms with Crippen molar-refractivity contribution < 1.29 is 0 Å². The van der Waals surface area contributed by atoms with Gasteiger partial charge in [0.25, 0.3) is 0 Å². The molecule has 4 heterocycles. The number of nitrogens with zero attached hydrogens (tertiary/aromatic N) is 6. The van der Waals surface area contributed by atoms with Crippen LogP contribution in [-0.4, -0.2) is 37.6 Å². The molecule has 24 heavy (non-hydrogen) atoms. The molecule has 3 aromatic rings. The Balaban J connectivity index is 1.64. The zero-order chi connectivity index (χ0) is 16.5. The molecule has 1 aliphatic rings. The van der Waals surface area contributed by atoms with Crippen LogP contribution in [0.1, 0.15) is 24.1 Å². The lowest BCUT2D eigenvalue weighted by Gasteiger charge is -2.34. The SMILES string of the molecule is Cc1cc(C)c2c(N3CCCC(Cn4ccnc4)C3)ncnc2n1. The second-order valence-electron chi connectivity index (χ2n) is 6.69. The van der Waals surface area contributed by atoms with Gasteiger partial charge in [0.1, 0.15) is 12.1 Å². The van der Waals surface area contributed by atoms with Crippen LogP contribution in [0, 0.1) is 19.8 Å². The van der Waals surface area contributed by atoms with Gasteiger partial charge in [0.2, 0.25) is 0 Å². The van der Waals surface area contributed by atoms with Gasteiger partial charge in [-0.05, 0) is 44.2 Å². The van der Waals surface area contributed by atoms with Crippen LogP contribution < -0.4 is 4.90 Å². The lowest BCUT2D eigenvalue weighted by molar-refractivity contribution is 0.365. The summed E-state index contributed by atoms with van der Waals surface area (Å²) in [5.74, 6) is 1.64. The van der Waals surface area contributed by atoms with Crippen LogP contribution in [0.2, 0.25) is 0 Å². The number of imidazole rings is 1. The Morgan fingerprint density at radius 3 is 3.00 bits per heavy atom. The Kier molecular flexibility index (Phi) is 3.88. The number of piperidine rings is 1. The summed E-state index contributed by atoms with van der Waals surface area (Å²) in [6.07, 6.45) is 9.85. The first-order valence-corrected chi connectivity index (χ1v) is 8.50. The standard InChI is InChI=1S/C18H22N6/c1-13-8-14(2)22-17-16(13)18(21-11-20-17)24-6-3-4-15(10-24)9-23-7-5-19-12-23/h5,7-8,11-12,15H,3-4,6,9-10H2,1-2H3. The van der Waals surface area contributed by atoms with Gasteiger partial charge in [-0.2, -0.15) is 0 Å². The maximum Gasteiger partial charge on any atom is 0.165 e. The molecule has 0 bridgehead atoms. The molecule has 1 unspecified atom stereocenters. The fourth-order valence-corrected chi connectivity index (χ4v) is 3.73. The molecule has 1 fully saturated rings. The van der Waals surface area contributed by atoms with Gasteiger partial charge < -0.3 is 9.47 Å². The number of anilines is 1. The van der Waals surface area contributed by atoms with Crippen LogP contribution in [-0.2, 0) is 6.54 Å². The van der Waals surface area contributed by atoms with E-state index in [1.165, 1.54) is 18.4 Å². The van der Waals surface area contributed by atoms with Crippen LogP contribution in [0.5, 0.6) is 0 Å². The van der Waals surface area contributed by atoms with Crippen LogP contribution >= 0.6 is 0 Å². The first kappa shape index (κ1) is 15.1. The molecule has 3 aromatic heterocycles. The summed E-state index contributed by atoms with van der Waals surface area (Å²) in [6, 6.07) is 2.11. The van der Waals surface area contributed by atoms with Gasteiger partial charge in [-0.15, -0.1) is 0 Å². The number of pyridine rings is 1. The molecule has 0 spiro atoms. The number of fused-ring (bicyclic) bond motifs is 1. The maximum atomic E-state index is 4.61. The van der Waals surface area contributed by atoms with Crippen molar-refractivity contribution in [2.24, 2.45) is 5.92 Å². The Morgan fingerprint density at radius 1 is 1.25 bits per heavy atom. The largest absolute Gasteiger partial charge is 0.356 e. The average Bonchev–Trinajstić information content (AvgIpc) is 3.07. The Labute approximate surface area is 141 Å². The normalized spacial score (nSPS) is 18.2. The van der Waals surface area contributed by atoms with Gasteiger partial charge in [-0.25, -0.2) is 19.9 Å². The highest BCUT2D eigenvalue weighted by Gasteiger charge is 2.23. The molecule has 0 saturated carbocycles. The lowest BCUT2D eigenvalue weighted by atomic mass is 9.97. The van der Waals surface area contributed by atoms with Gasteiger partial charge in [0.05, 0.1) is 11.7 Å². The third-order valence-corrected chi connectivity index (χ3v) is 4.76. The van der Waals surface area contributed by atoms with Gasteiger partial charge >= 0.3 is 0 Å². The van der Waals surface area contributed by atoms with Gasteiger partial charge in [-0.3, -0.25) is 0 Å². The number of aryl methyl sites for hydroxylation is 2. The van der Waals surface area contributed by atoms with E-state index < -0.39 is 0 Å². The van der Waals surface area contributed by atoms with Crippen molar-refractivity contribution in [3.8, 4) is 0 Å². The van der Waals surface area contributed by atoms with Gasteiger partial charge in [0.15, 0.2) is 5.65 Å². The predicted octanol–water partition coefficient (Wildman–Crippen LogP) is 2.75. The second kappa shape index (κ2) is 6.19. The van der Waals surface area contributed by atoms with Crippen molar-refractivity contribution in [1.29, 1.82) is 0 Å². The van der Waals surface area contributed by atoms with Crippen LogP contribution in [0.25, 0.3) is 11.0 Å². The smallest absolute Gasteiger partial charge is 0.165 e. The molecule has 1 saturated heterocycles. The summed E-state index contributed by atoms with van der Waals surface area (Å²) in [6.45, 7) is 7.19. The highest BCUT2D eigenvalue weighted by Crippen LogP contribution is 2.29. The van der Waals surface area contributed by atoms with Crippen LogP contribution in [0.4, 0.5) is 5.82 Å². The van der Waals surface area contributed by atoms with Gasteiger partial charge in [-0.1, -0.05) is 0 Å². The zero-order valence-electron chi connectivity index (χ0n) is 14.2. The topological polar surface area (TPSA) is 59.7 Å². The summed E-state index contributed by atoms with van der Waals surface area (Å²) in [4.78, 5) is 20.1. The molecule has 0 amide bonds. The number of rotatable bonds is 3. The first-order chi connectivity index (χ1) is 11.7. The Bertz CT molecular complexity index is 842. The third kappa shape index (κ3) is 2.84. The van der Waals surface area contributed by atoms with E-state index in [4.69, 9.17) is 0 Å². The molecule has 0 N–H and O–H groups in total. The summed E-state index contributed by atoms with van der Waals surface area (Å²) in [7, 11) is 0. The molecule has 0 aliphatic carbocycles. The van der Waals surface area contributed by atoms with Crippen LogP contribution in [0.15, 0.2) is 31.1 Å². The van der Waals surface area contributed by atoms with E-state index in [0.717, 1.165) is 42.2 Å². The first-order valence-electron chi connectivity index (χ1n) is 8.50. The van der Waals surface area contributed by atoms with E-state index in [-0.39, 0.29) is 0 Å². The fraction of sp³-hybridized carbons (Fsp3) is 0.444. The van der Waals surface area contributed by atoms with E-state index in [1.54, 1.807) is 6.33 Å². The van der Waals surface area contributed by atoms with Crippen molar-refractivity contribution in [2.45, 2.75) is 33.2 Å². The summed E-state index contributed by atoms with van der Waals surface area (Å²) >= 11 is 0. The number of aromatic nitrogens is 5. The fourth-order valence-electron chi connectivity index (χ4n) is 3.73. The molecular formula is C18H22N6. The Morgan fingerprint density at radius 2 is 2.17 bits per heavy atom. The lowest BCUT2D eigenvalue weighted by Crippen LogP contribution is -2.37. The highest BCUT2D eigenvalue weighted by atomic mass is 15.2. The van der Waals surface area contributed by atoms with Crippen molar-refractivity contribution in [3.05, 3.63) is 42.4 Å². The summed E-state index contributed by atoms with van der Waals surface area (Å²) in [5.41, 5.74) is 3.00. The molecule has 4 rings (SSSR count). The molecular weight excluding hydrogens is 300 g/mol. The monoisotopic (exact) mass is 322 g/mol. The minimum Gasteiger partial charge on any atom is -0.356 e. The van der Waals surface area contributed by atoms with Crippen molar-refractivity contribution in [3.63, 3.8) is 0 Å². The van der Waals surface area contributed by atoms with Crippen molar-refractivity contribution in [2.75, 3.05) is 18.0 Å². The average molecular weight is 322 g/mol. The van der Waals surface area contributed by atoms with Gasteiger partial charge in [0, 0.05) is 37.7 Å². The summed E-state index contributed by atoms with van der Waals surface area (Å²) in [5, 5.41) is 1.09. The quantitative estimate of drug-likeness (QED) is 0.742. The molecule has 124 valence electrons. The predicted molar refractivity (Wildman–Crippen MR) is 94.0 cm³/mol. The molecule has 0 radical (unpaired) electrons. The maximum absolute atomic E-state index is 4.61. The van der Waals surface area contributed by atoms with E-state index in [0.29, 0.717) is 5.92 Å². The zero-order valence-corrected chi connectivity index (χ0v) is 14.2. The van der Waals surface area contributed by atoms with E-state index in [9.17, 15) is 0 Å². The molecule has 6 nitrogen and oxygen atoms in total. The van der Waals surface area contributed by atoms with E-state index >= 15 is 0 Å². The molecule has 0 aromatic carbocycles. The molecule has 1 aliphatic heterocycles. The van der Waals surface area contributed by atoms with Crippen molar-refractivity contribution >= 4 is 16.9 Å². The molecule has 6 heteroatoms. The second-order valence-corrected chi connectivity index (χ2v) is 6.69. The van der Waals surface area contributed by atoms with E-state index in [2.05, 4.69) is 42.4 Å². The van der Waals surface area contributed by atoms with Crippen molar-refractivity contribution in [1.82, 2.24) is 24.5 Å². The highest BCUT2D eigenvalue weighted by molar-refractivity contribution is 5.90. The summed E-state index contributed by atoms with van der Waals surface area (Å²) < 4.78 is 2.17. The minimum atomic E-state index is 0.608. The van der Waals surface area contributed by atoms with E-state index in [1.807, 2.05) is 25.6 Å². The number of hydrogen-bond acceptors (Lipinski definition) is 5. The van der Waals surface area contributed by atoms with Crippen LogP contribution in [0.3, 0.4) is 0 Å².